The number of aromatic nitrogens is 3. The van der Waals surface area contributed by atoms with Crippen LogP contribution in [0.3, 0.4) is 0 Å². The van der Waals surface area contributed by atoms with E-state index in [9.17, 15) is 9.59 Å². The predicted molar refractivity (Wildman–Crippen MR) is 117 cm³/mol. The molecule has 0 radical (unpaired) electrons. The summed E-state index contributed by atoms with van der Waals surface area (Å²) in [4.78, 5) is 33.3. The summed E-state index contributed by atoms with van der Waals surface area (Å²) in [5, 5.41) is 4.85. The molecule has 164 valence electrons. The predicted octanol–water partition coefficient (Wildman–Crippen LogP) is 3.12. The van der Waals surface area contributed by atoms with Gasteiger partial charge in [0, 0.05) is 61.9 Å². The number of nitrogens with zero attached hydrogens (tertiary/aromatic N) is 5. The van der Waals surface area contributed by atoms with Crippen LogP contribution in [-0.4, -0.2) is 62.4 Å². The fraction of sp³-hybridized carbons (Fsp3) is 0.652. The SMILES string of the molecule is CCN(CC)C(=O)CCc1c(C)nc2cc(C3CCN(C(=O)C(C)C)C3)nn2c1C. The Kier molecular flexibility index (Phi) is 6.78. The van der Waals surface area contributed by atoms with E-state index in [2.05, 4.69) is 13.0 Å². The van der Waals surface area contributed by atoms with Crippen molar-refractivity contribution in [3.63, 3.8) is 0 Å². The van der Waals surface area contributed by atoms with Gasteiger partial charge in [0.1, 0.15) is 0 Å². The third-order valence-electron chi connectivity index (χ3n) is 6.30. The quantitative estimate of drug-likeness (QED) is 0.699. The van der Waals surface area contributed by atoms with Gasteiger partial charge < -0.3 is 9.80 Å². The normalized spacial score (nSPS) is 16.6. The van der Waals surface area contributed by atoms with Crippen LogP contribution in [0.1, 0.15) is 69.1 Å². The number of rotatable bonds is 7. The Balaban J connectivity index is 1.80. The number of fused-ring (bicyclic) bond motifs is 1. The number of likely N-dealkylation sites (tertiary alicyclic amines) is 1. The summed E-state index contributed by atoms with van der Waals surface area (Å²) in [5.41, 5.74) is 4.94. The van der Waals surface area contributed by atoms with Crippen molar-refractivity contribution in [3.05, 3.63) is 28.7 Å². The summed E-state index contributed by atoms with van der Waals surface area (Å²) in [6.07, 6.45) is 2.09. The minimum atomic E-state index is 0.0259. The summed E-state index contributed by atoms with van der Waals surface area (Å²) in [7, 11) is 0. The molecule has 2 aromatic heterocycles. The molecule has 7 nitrogen and oxygen atoms in total. The van der Waals surface area contributed by atoms with E-state index in [0.29, 0.717) is 12.8 Å². The van der Waals surface area contributed by atoms with E-state index < -0.39 is 0 Å². The molecule has 0 N–H and O–H groups in total. The summed E-state index contributed by atoms with van der Waals surface area (Å²) >= 11 is 0. The third kappa shape index (κ3) is 4.35. The average molecular weight is 414 g/mol. The molecule has 3 rings (SSSR count). The molecule has 1 fully saturated rings. The zero-order chi connectivity index (χ0) is 22.0. The van der Waals surface area contributed by atoms with Crippen molar-refractivity contribution in [2.24, 2.45) is 5.92 Å². The van der Waals surface area contributed by atoms with E-state index in [1.54, 1.807) is 0 Å². The van der Waals surface area contributed by atoms with Crippen LogP contribution in [0.2, 0.25) is 0 Å². The molecule has 1 unspecified atom stereocenters. The fourth-order valence-corrected chi connectivity index (χ4v) is 4.44. The Hall–Kier alpha value is -2.44. The van der Waals surface area contributed by atoms with Crippen LogP contribution >= 0.6 is 0 Å². The van der Waals surface area contributed by atoms with Gasteiger partial charge in [-0.25, -0.2) is 9.50 Å². The van der Waals surface area contributed by atoms with Gasteiger partial charge in [0.05, 0.1) is 5.69 Å². The Morgan fingerprint density at radius 1 is 1.23 bits per heavy atom. The maximum absolute atomic E-state index is 12.4. The second kappa shape index (κ2) is 9.14. The fourth-order valence-electron chi connectivity index (χ4n) is 4.44. The topological polar surface area (TPSA) is 70.8 Å². The zero-order valence-electron chi connectivity index (χ0n) is 19.2. The lowest BCUT2D eigenvalue weighted by Crippen LogP contribution is -2.32. The van der Waals surface area contributed by atoms with Crippen molar-refractivity contribution in [2.45, 2.75) is 66.7 Å². The lowest BCUT2D eigenvalue weighted by Gasteiger charge is -2.19. The standard InChI is InChI=1S/C23H35N5O2/c1-7-26(8-2)22(29)10-9-19-16(5)24-21-13-20(25-28(21)17(19)6)18-11-12-27(14-18)23(30)15(3)4/h13,15,18H,7-12,14H2,1-6H3. The van der Waals surface area contributed by atoms with Gasteiger partial charge in [-0.15, -0.1) is 0 Å². The van der Waals surface area contributed by atoms with Crippen molar-refractivity contribution >= 4 is 17.5 Å². The van der Waals surface area contributed by atoms with E-state index >= 15 is 0 Å². The van der Waals surface area contributed by atoms with Crippen LogP contribution in [0, 0.1) is 19.8 Å². The molecule has 0 aliphatic carbocycles. The Bertz CT molecular complexity index is 929. The number of carbonyl (C=O) groups excluding carboxylic acids is 2. The minimum Gasteiger partial charge on any atom is -0.343 e. The van der Waals surface area contributed by atoms with E-state index in [1.807, 2.05) is 48.9 Å². The Labute approximate surface area is 179 Å². The molecular formula is C23H35N5O2. The van der Waals surface area contributed by atoms with Crippen LogP contribution in [0.15, 0.2) is 6.07 Å². The van der Waals surface area contributed by atoms with Gasteiger partial charge in [-0.05, 0) is 46.1 Å². The van der Waals surface area contributed by atoms with Gasteiger partial charge in [0.25, 0.3) is 0 Å². The first kappa shape index (κ1) is 22.2. The minimum absolute atomic E-state index is 0.0259. The summed E-state index contributed by atoms with van der Waals surface area (Å²) in [5.74, 6) is 0.673. The molecule has 1 saturated heterocycles. The number of hydrogen-bond acceptors (Lipinski definition) is 4. The highest BCUT2D eigenvalue weighted by molar-refractivity contribution is 5.78. The van der Waals surface area contributed by atoms with Crippen LogP contribution in [0.5, 0.6) is 0 Å². The second-order valence-corrected chi connectivity index (χ2v) is 8.59. The van der Waals surface area contributed by atoms with Crippen LogP contribution in [-0.2, 0) is 16.0 Å². The molecule has 1 aliphatic rings. The Morgan fingerprint density at radius 3 is 2.57 bits per heavy atom. The van der Waals surface area contributed by atoms with Gasteiger partial charge in [-0.3, -0.25) is 9.59 Å². The molecule has 2 amide bonds. The first-order valence-electron chi connectivity index (χ1n) is 11.2. The summed E-state index contributed by atoms with van der Waals surface area (Å²) in [6, 6.07) is 2.05. The number of hydrogen-bond donors (Lipinski definition) is 0. The van der Waals surface area contributed by atoms with E-state index in [4.69, 9.17) is 10.1 Å². The average Bonchev–Trinajstić information content (AvgIpc) is 3.35. The molecule has 2 aromatic rings. The first-order valence-corrected chi connectivity index (χ1v) is 11.2. The van der Waals surface area contributed by atoms with Crippen LogP contribution in [0.4, 0.5) is 0 Å². The first-order chi connectivity index (χ1) is 14.3. The van der Waals surface area contributed by atoms with Crippen molar-refractivity contribution in [1.29, 1.82) is 0 Å². The molecule has 0 spiro atoms. The lowest BCUT2D eigenvalue weighted by molar-refractivity contribution is -0.133. The van der Waals surface area contributed by atoms with Crippen molar-refractivity contribution in [1.82, 2.24) is 24.4 Å². The summed E-state index contributed by atoms with van der Waals surface area (Å²) < 4.78 is 1.91. The maximum atomic E-state index is 12.4. The molecule has 7 heteroatoms. The molecule has 1 aliphatic heterocycles. The van der Waals surface area contributed by atoms with Crippen LogP contribution < -0.4 is 0 Å². The second-order valence-electron chi connectivity index (χ2n) is 8.59. The highest BCUT2D eigenvalue weighted by Crippen LogP contribution is 2.28. The molecular weight excluding hydrogens is 378 g/mol. The lowest BCUT2D eigenvalue weighted by atomic mass is 10.1. The number of aryl methyl sites for hydroxylation is 2. The zero-order valence-corrected chi connectivity index (χ0v) is 19.2. The molecule has 30 heavy (non-hydrogen) atoms. The largest absolute Gasteiger partial charge is 0.343 e. The van der Waals surface area contributed by atoms with Crippen molar-refractivity contribution < 1.29 is 9.59 Å². The molecule has 0 bridgehead atoms. The third-order valence-corrected chi connectivity index (χ3v) is 6.30. The monoisotopic (exact) mass is 413 g/mol. The molecule has 0 aromatic carbocycles. The van der Waals surface area contributed by atoms with Crippen molar-refractivity contribution in [2.75, 3.05) is 26.2 Å². The van der Waals surface area contributed by atoms with Gasteiger partial charge in [0.15, 0.2) is 5.65 Å². The van der Waals surface area contributed by atoms with Gasteiger partial charge in [0.2, 0.25) is 11.8 Å². The number of carbonyl (C=O) groups is 2. The maximum Gasteiger partial charge on any atom is 0.225 e. The number of amides is 2. The van der Waals surface area contributed by atoms with Crippen molar-refractivity contribution in [3.8, 4) is 0 Å². The van der Waals surface area contributed by atoms with E-state index in [1.165, 1.54) is 0 Å². The molecule has 0 saturated carbocycles. The van der Waals surface area contributed by atoms with Gasteiger partial charge >= 0.3 is 0 Å². The highest BCUT2D eigenvalue weighted by Gasteiger charge is 2.30. The smallest absolute Gasteiger partial charge is 0.225 e. The van der Waals surface area contributed by atoms with Gasteiger partial charge in [-0.1, -0.05) is 13.8 Å². The van der Waals surface area contributed by atoms with E-state index in [0.717, 1.165) is 60.9 Å². The molecule has 3 heterocycles. The van der Waals surface area contributed by atoms with Crippen LogP contribution in [0.25, 0.3) is 5.65 Å². The highest BCUT2D eigenvalue weighted by atomic mass is 16.2. The van der Waals surface area contributed by atoms with E-state index in [-0.39, 0.29) is 23.7 Å². The Morgan fingerprint density at radius 2 is 1.93 bits per heavy atom. The summed E-state index contributed by atoms with van der Waals surface area (Å²) in [6.45, 7) is 15.0. The molecule has 1 atom stereocenters. The van der Waals surface area contributed by atoms with Gasteiger partial charge in [-0.2, -0.15) is 5.10 Å².